The van der Waals surface area contributed by atoms with Gasteiger partial charge in [-0.3, -0.25) is 19.2 Å². The van der Waals surface area contributed by atoms with E-state index in [1.165, 1.54) is 5.57 Å². The monoisotopic (exact) mass is 779 g/mol. The molecule has 3 unspecified atom stereocenters. The molecule has 1 amide bonds. The molecule has 9 atom stereocenters. The third kappa shape index (κ3) is 6.71. The molecule has 0 heterocycles. The molecule has 4 saturated carbocycles. The van der Waals surface area contributed by atoms with Crippen molar-refractivity contribution < 1.29 is 34.1 Å². The average Bonchev–Trinajstić information content (AvgIpc) is 3.39. The Bertz CT molecular complexity index is 1770. The molecule has 55 heavy (non-hydrogen) atoms. The maximum absolute atomic E-state index is 14.2. The Kier molecular flexibility index (Phi) is 10.9. The molecule has 0 radical (unpaired) electrons. The molecule has 1 aromatic rings. The highest BCUT2D eigenvalue weighted by Crippen LogP contribution is 2.77. The van der Waals surface area contributed by atoms with Crippen LogP contribution in [0.5, 0.6) is 0 Å². The van der Waals surface area contributed by atoms with E-state index in [2.05, 4.69) is 48.5 Å². The summed E-state index contributed by atoms with van der Waals surface area (Å²) in [6.07, 6.45) is 6.32. The SMILES string of the molecule is CC(=O)N(Cc1cccc(Cl)c1)CC(O)C12CC[C@]3(C)[C@H](CC[C@@H]4[C@@]5(C)CC[C@H](OC(=O)CC(C)(C)C(=O)O)C(C)(C)C5CC[C@]43C)C1=C(C(C)C)C(=O)C2. The summed E-state index contributed by atoms with van der Waals surface area (Å²) in [7, 11) is 0. The first kappa shape index (κ1) is 41.9. The summed E-state index contributed by atoms with van der Waals surface area (Å²) < 4.78 is 6.16. The molecule has 1 aromatic carbocycles. The van der Waals surface area contributed by atoms with Gasteiger partial charge in [-0.15, -0.1) is 0 Å². The summed E-state index contributed by atoms with van der Waals surface area (Å²) in [5.41, 5.74) is 0.751. The zero-order valence-corrected chi connectivity index (χ0v) is 35.8. The summed E-state index contributed by atoms with van der Waals surface area (Å²) in [5, 5.41) is 22.7. The number of carbonyl (C=O) groups excluding carboxylic acids is 3. The number of nitrogens with zero attached hydrogens (tertiary/aromatic N) is 1. The van der Waals surface area contributed by atoms with Gasteiger partial charge in [0.25, 0.3) is 0 Å². The number of ether oxygens (including phenoxy) is 1. The van der Waals surface area contributed by atoms with Gasteiger partial charge in [-0.1, -0.05) is 77.8 Å². The van der Waals surface area contributed by atoms with Gasteiger partial charge in [0.1, 0.15) is 6.10 Å². The summed E-state index contributed by atoms with van der Waals surface area (Å²) in [6, 6.07) is 7.48. The van der Waals surface area contributed by atoms with Crippen LogP contribution in [0.3, 0.4) is 0 Å². The first-order valence-electron chi connectivity index (χ1n) is 20.8. The molecule has 2 N–H and O–H groups in total. The lowest BCUT2D eigenvalue weighted by Crippen LogP contribution is -2.66. The topological polar surface area (TPSA) is 121 Å². The molecule has 304 valence electrons. The number of rotatable bonds is 10. The van der Waals surface area contributed by atoms with Crippen LogP contribution in [-0.2, 0) is 30.5 Å². The minimum atomic E-state index is -1.18. The number of fused-ring (bicyclic) bond motifs is 7. The van der Waals surface area contributed by atoms with E-state index in [-0.39, 0.29) is 64.3 Å². The van der Waals surface area contributed by atoms with Crippen LogP contribution in [0.1, 0.15) is 139 Å². The van der Waals surface area contributed by atoms with Gasteiger partial charge in [0.2, 0.25) is 5.91 Å². The first-order valence-corrected chi connectivity index (χ1v) is 21.2. The van der Waals surface area contributed by atoms with Crippen molar-refractivity contribution in [1.82, 2.24) is 4.90 Å². The van der Waals surface area contributed by atoms with E-state index in [9.17, 15) is 29.4 Å². The number of carbonyl (C=O) groups is 4. The van der Waals surface area contributed by atoms with Crippen molar-refractivity contribution in [1.29, 1.82) is 0 Å². The molecule has 9 heteroatoms. The number of carboxylic acids is 1. The Hall–Kier alpha value is -2.71. The lowest BCUT2D eigenvalue weighted by Gasteiger charge is -2.72. The van der Waals surface area contributed by atoms with E-state index in [4.69, 9.17) is 16.3 Å². The van der Waals surface area contributed by atoms with E-state index in [0.717, 1.165) is 56.1 Å². The van der Waals surface area contributed by atoms with Crippen LogP contribution in [0.4, 0.5) is 0 Å². The van der Waals surface area contributed by atoms with Crippen LogP contribution < -0.4 is 0 Å². The Balaban J connectivity index is 1.29. The van der Waals surface area contributed by atoms with Crippen LogP contribution in [0.15, 0.2) is 35.4 Å². The predicted molar refractivity (Wildman–Crippen MR) is 214 cm³/mol. The molecule has 0 aliphatic heterocycles. The van der Waals surface area contributed by atoms with Crippen molar-refractivity contribution in [3.8, 4) is 0 Å². The van der Waals surface area contributed by atoms with Gasteiger partial charge in [-0.25, -0.2) is 0 Å². The summed E-state index contributed by atoms with van der Waals surface area (Å²) in [6.45, 7) is 21.4. The molecule has 8 nitrogen and oxygen atoms in total. The molecular weight excluding hydrogens is 714 g/mol. The predicted octanol–water partition coefficient (Wildman–Crippen LogP) is 9.44. The van der Waals surface area contributed by atoms with Gasteiger partial charge in [0.05, 0.1) is 17.9 Å². The molecular formula is C46H66ClNO7. The molecule has 5 aliphatic rings. The lowest BCUT2D eigenvalue weighted by atomic mass is 9.33. The number of hydrogen-bond acceptors (Lipinski definition) is 6. The average molecular weight is 780 g/mol. The van der Waals surface area contributed by atoms with Crippen molar-refractivity contribution >= 4 is 35.2 Å². The Morgan fingerprint density at radius 3 is 2.27 bits per heavy atom. The third-order valence-electron chi connectivity index (χ3n) is 16.6. The molecule has 4 fully saturated rings. The highest BCUT2D eigenvalue weighted by atomic mass is 35.5. The van der Waals surface area contributed by atoms with Gasteiger partial charge < -0.3 is 19.8 Å². The van der Waals surface area contributed by atoms with Crippen molar-refractivity contribution in [2.75, 3.05) is 6.54 Å². The van der Waals surface area contributed by atoms with Crippen LogP contribution >= 0.6 is 11.6 Å². The Labute approximate surface area is 334 Å². The van der Waals surface area contributed by atoms with Crippen molar-refractivity contribution in [2.45, 2.75) is 152 Å². The van der Waals surface area contributed by atoms with E-state index in [1.54, 1.807) is 25.7 Å². The number of halogens is 1. The molecule has 0 aromatic heterocycles. The minimum absolute atomic E-state index is 0.0118. The zero-order chi connectivity index (χ0) is 40.7. The third-order valence-corrected chi connectivity index (χ3v) is 16.8. The number of aliphatic hydroxyl groups is 1. The van der Waals surface area contributed by atoms with Gasteiger partial charge >= 0.3 is 11.9 Å². The van der Waals surface area contributed by atoms with E-state index in [1.807, 2.05) is 24.3 Å². The highest BCUT2D eigenvalue weighted by molar-refractivity contribution is 6.30. The van der Waals surface area contributed by atoms with E-state index in [0.29, 0.717) is 36.2 Å². The number of aliphatic hydroxyl groups excluding tert-OH is 1. The number of ketones is 1. The standard InChI is InChI=1S/C46H66ClNO7/c1-27(2)38-32(50)23-46(35(51)26-48(28(3)49)25-29-12-11-13-30(47)22-29)21-20-44(9)31(39(38)46)14-15-34-43(8)18-17-36(55-37(52)24-41(4,5)40(53)54)42(6,7)33(43)16-19-45(34,44)10/h11-13,22,27,31,33-36,51H,14-21,23-26H2,1-10H3,(H,53,54)/t31-,33?,34-,35?,36+,43+,44-,45-,46?/m1/s1. The number of benzene rings is 1. The fourth-order valence-electron chi connectivity index (χ4n) is 13.5. The lowest BCUT2D eigenvalue weighted by molar-refractivity contribution is -0.235. The van der Waals surface area contributed by atoms with E-state index < -0.39 is 28.9 Å². The Morgan fingerprint density at radius 1 is 0.964 bits per heavy atom. The molecule has 5 aliphatic carbocycles. The quantitative estimate of drug-likeness (QED) is 0.227. The normalized spacial score (nSPS) is 36.0. The largest absolute Gasteiger partial charge is 0.481 e. The highest BCUT2D eigenvalue weighted by Gasteiger charge is 2.71. The van der Waals surface area contributed by atoms with Crippen molar-refractivity contribution in [3.63, 3.8) is 0 Å². The fourth-order valence-corrected chi connectivity index (χ4v) is 13.7. The van der Waals surface area contributed by atoms with Gasteiger partial charge in [0.15, 0.2) is 5.78 Å². The van der Waals surface area contributed by atoms with Crippen LogP contribution in [-0.4, -0.2) is 57.5 Å². The van der Waals surface area contributed by atoms with Crippen molar-refractivity contribution in [3.05, 3.63) is 46.0 Å². The fraction of sp³-hybridized carbons (Fsp3) is 0.739. The number of allylic oxidation sites excluding steroid dienone is 1. The van der Waals surface area contributed by atoms with E-state index >= 15 is 0 Å². The molecule has 0 saturated heterocycles. The van der Waals surface area contributed by atoms with Crippen molar-refractivity contribution in [2.24, 2.45) is 56.2 Å². The molecule has 0 bridgehead atoms. The van der Waals surface area contributed by atoms with Crippen LogP contribution in [0.25, 0.3) is 0 Å². The number of hydrogen-bond donors (Lipinski definition) is 2. The van der Waals surface area contributed by atoms with Gasteiger partial charge in [-0.2, -0.15) is 0 Å². The minimum Gasteiger partial charge on any atom is -0.481 e. The summed E-state index contributed by atoms with van der Waals surface area (Å²) >= 11 is 6.29. The van der Waals surface area contributed by atoms with Gasteiger partial charge in [-0.05, 0) is 128 Å². The molecule has 0 spiro atoms. The van der Waals surface area contributed by atoms with Gasteiger partial charge in [0, 0.05) is 42.3 Å². The Morgan fingerprint density at radius 2 is 1.65 bits per heavy atom. The summed E-state index contributed by atoms with van der Waals surface area (Å²) in [5.74, 6) is -0.452. The smallest absolute Gasteiger partial charge is 0.309 e. The maximum atomic E-state index is 14.2. The molecule has 6 rings (SSSR count). The van der Waals surface area contributed by atoms with Crippen LogP contribution in [0, 0.1) is 56.2 Å². The summed E-state index contributed by atoms with van der Waals surface area (Å²) in [4.78, 5) is 53.8. The number of carboxylic acid groups (broad SMARTS) is 1. The zero-order valence-electron chi connectivity index (χ0n) is 35.0. The number of esters is 1. The number of aliphatic carboxylic acids is 1. The van der Waals surface area contributed by atoms with Crippen LogP contribution in [0.2, 0.25) is 5.02 Å². The maximum Gasteiger partial charge on any atom is 0.309 e. The second-order valence-corrected chi connectivity index (χ2v) is 21.0. The second-order valence-electron chi connectivity index (χ2n) is 20.6. The number of Topliss-reactive ketones (excluding diaryl/α,β-unsaturated/α-hetero) is 1. The second kappa shape index (κ2) is 14.3. The first-order chi connectivity index (χ1) is 25.4. The number of amides is 1.